The van der Waals surface area contributed by atoms with Crippen molar-refractivity contribution in [3.63, 3.8) is 0 Å². The fraction of sp³-hybridized carbons (Fsp3) is 0.462. The van der Waals surface area contributed by atoms with Crippen molar-refractivity contribution in [1.82, 2.24) is 19.3 Å². The van der Waals surface area contributed by atoms with E-state index in [2.05, 4.69) is 14.7 Å². The normalized spacial score (nSPS) is 12.2. The Bertz CT molecular complexity index is 674. The predicted octanol–water partition coefficient (Wildman–Crippen LogP) is 0.805. The van der Waals surface area contributed by atoms with Crippen LogP contribution in [0.1, 0.15) is 31.4 Å². The molecule has 0 unspecified atom stereocenters. The molecule has 2 aromatic rings. The first-order valence-electron chi connectivity index (χ1n) is 6.73. The minimum Gasteiger partial charge on any atom is -0.390 e. The number of aromatic nitrogens is 3. The number of nitrogens with one attached hydrogen (secondary N) is 2. The van der Waals surface area contributed by atoms with Crippen LogP contribution in [0, 0.1) is 0 Å². The van der Waals surface area contributed by atoms with Crippen LogP contribution in [-0.4, -0.2) is 34.6 Å². The highest BCUT2D eigenvalue weighted by atomic mass is 32.2. The summed E-state index contributed by atoms with van der Waals surface area (Å²) in [6.45, 7) is 3.93. The van der Waals surface area contributed by atoms with E-state index >= 15 is 0 Å². The maximum atomic E-state index is 12.2. The molecule has 0 radical (unpaired) electrons. The number of H-pyrrole nitrogens is 1. The van der Waals surface area contributed by atoms with Gasteiger partial charge in [-0.15, -0.1) is 0 Å². The Morgan fingerprint density at radius 2 is 2.24 bits per heavy atom. The zero-order valence-corrected chi connectivity index (χ0v) is 12.9. The number of nitrogens with zero attached hydrogens (tertiary/aromatic N) is 2. The molecule has 0 atom stereocenters. The smallest absolute Gasteiger partial charge is 0.242 e. The van der Waals surface area contributed by atoms with E-state index in [9.17, 15) is 13.5 Å². The second-order valence-electron chi connectivity index (χ2n) is 5.01. The van der Waals surface area contributed by atoms with E-state index in [-0.39, 0.29) is 24.1 Å². The molecule has 2 heterocycles. The Kier molecular flexibility index (Phi) is 4.81. The van der Waals surface area contributed by atoms with Crippen molar-refractivity contribution in [2.24, 2.45) is 0 Å². The Labute approximate surface area is 124 Å². The molecule has 0 aromatic carbocycles. The van der Waals surface area contributed by atoms with E-state index in [4.69, 9.17) is 0 Å². The fourth-order valence-corrected chi connectivity index (χ4v) is 3.15. The number of hydrogen-bond donors (Lipinski definition) is 3. The van der Waals surface area contributed by atoms with Gasteiger partial charge in [0.15, 0.2) is 0 Å². The van der Waals surface area contributed by atoms with Gasteiger partial charge in [-0.3, -0.25) is 0 Å². The Balaban J connectivity index is 2.08. The van der Waals surface area contributed by atoms with Gasteiger partial charge in [-0.25, -0.2) is 18.1 Å². The molecule has 0 amide bonds. The summed E-state index contributed by atoms with van der Waals surface area (Å²) in [4.78, 5) is 7.12. The highest BCUT2D eigenvalue weighted by Crippen LogP contribution is 2.18. The highest BCUT2D eigenvalue weighted by Gasteiger charge is 2.18. The third-order valence-electron chi connectivity index (χ3n) is 3.14. The van der Waals surface area contributed by atoms with Crippen LogP contribution in [0.25, 0.3) is 0 Å². The van der Waals surface area contributed by atoms with Crippen LogP contribution in [-0.2, 0) is 23.1 Å². The Hall–Kier alpha value is -1.64. The average Bonchev–Trinajstić information content (AvgIpc) is 3.07. The molecule has 21 heavy (non-hydrogen) atoms. The summed E-state index contributed by atoms with van der Waals surface area (Å²) in [6, 6.07) is 1.58. The quantitative estimate of drug-likeness (QED) is 0.704. The Morgan fingerprint density at radius 1 is 1.48 bits per heavy atom. The molecule has 2 aromatic heterocycles. The van der Waals surface area contributed by atoms with Gasteiger partial charge in [0, 0.05) is 43.3 Å². The number of hydrogen-bond acceptors (Lipinski definition) is 4. The maximum Gasteiger partial charge on any atom is 0.242 e. The third kappa shape index (κ3) is 3.72. The number of rotatable bonds is 7. The molecule has 116 valence electrons. The van der Waals surface area contributed by atoms with Crippen molar-refractivity contribution in [3.05, 3.63) is 36.2 Å². The van der Waals surface area contributed by atoms with Gasteiger partial charge in [0.25, 0.3) is 0 Å². The molecule has 0 bridgehead atoms. The van der Waals surface area contributed by atoms with E-state index in [0.717, 1.165) is 5.82 Å². The lowest BCUT2D eigenvalue weighted by Gasteiger charge is -2.10. The van der Waals surface area contributed by atoms with Crippen molar-refractivity contribution >= 4 is 10.0 Å². The predicted molar refractivity (Wildman–Crippen MR) is 78.2 cm³/mol. The molecule has 0 aliphatic rings. The summed E-state index contributed by atoms with van der Waals surface area (Å²) < 4.78 is 28.7. The summed E-state index contributed by atoms with van der Waals surface area (Å²) in [5, 5.41) is 9.30. The molecular weight excluding hydrogens is 292 g/mol. The van der Waals surface area contributed by atoms with E-state index in [1.165, 1.54) is 6.07 Å². The van der Waals surface area contributed by atoms with E-state index in [1.54, 1.807) is 23.2 Å². The maximum absolute atomic E-state index is 12.2. The van der Waals surface area contributed by atoms with Crippen LogP contribution in [0.2, 0.25) is 0 Å². The highest BCUT2D eigenvalue weighted by molar-refractivity contribution is 7.89. The lowest BCUT2D eigenvalue weighted by molar-refractivity contribution is 0.268. The molecule has 0 aliphatic carbocycles. The minimum atomic E-state index is -3.58. The fourth-order valence-electron chi connectivity index (χ4n) is 2.07. The van der Waals surface area contributed by atoms with Crippen molar-refractivity contribution in [3.8, 4) is 0 Å². The second kappa shape index (κ2) is 6.42. The van der Waals surface area contributed by atoms with Gasteiger partial charge in [-0.05, 0) is 19.9 Å². The van der Waals surface area contributed by atoms with E-state index < -0.39 is 10.0 Å². The molecule has 7 nitrogen and oxygen atoms in total. The van der Waals surface area contributed by atoms with Crippen molar-refractivity contribution in [2.45, 2.75) is 37.8 Å². The third-order valence-corrected chi connectivity index (χ3v) is 4.57. The number of sulfonamides is 1. The van der Waals surface area contributed by atoms with Crippen LogP contribution in [0.15, 0.2) is 29.6 Å². The van der Waals surface area contributed by atoms with E-state index in [0.29, 0.717) is 12.1 Å². The molecule has 0 spiro atoms. The van der Waals surface area contributed by atoms with Gasteiger partial charge in [-0.2, -0.15) is 0 Å². The van der Waals surface area contributed by atoms with Crippen molar-refractivity contribution in [2.75, 3.05) is 6.54 Å². The first kappa shape index (κ1) is 15.7. The van der Waals surface area contributed by atoms with Crippen molar-refractivity contribution in [1.29, 1.82) is 0 Å². The monoisotopic (exact) mass is 312 g/mol. The first-order valence-corrected chi connectivity index (χ1v) is 8.22. The summed E-state index contributed by atoms with van der Waals surface area (Å²) in [6.07, 6.45) is 5.36. The van der Waals surface area contributed by atoms with Crippen LogP contribution in [0.4, 0.5) is 0 Å². The number of aliphatic hydroxyl groups excluding tert-OH is 1. The SMILES string of the molecule is CC(C)n1cc(S(=O)(=O)NCCc2ncc[nH]2)cc1CO. The molecular formula is C13H20N4O3S. The van der Waals surface area contributed by atoms with Gasteiger partial charge < -0.3 is 14.7 Å². The molecule has 0 aliphatic heterocycles. The van der Waals surface area contributed by atoms with Crippen molar-refractivity contribution < 1.29 is 13.5 Å². The topological polar surface area (TPSA) is 100 Å². The van der Waals surface area contributed by atoms with Gasteiger partial charge in [0.1, 0.15) is 5.82 Å². The molecule has 2 rings (SSSR count). The van der Waals surface area contributed by atoms with Gasteiger partial charge in [-0.1, -0.05) is 0 Å². The van der Waals surface area contributed by atoms with Crippen LogP contribution in [0.5, 0.6) is 0 Å². The van der Waals surface area contributed by atoms with Gasteiger partial charge in [0.05, 0.1) is 11.5 Å². The average molecular weight is 312 g/mol. The molecule has 0 saturated heterocycles. The van der Waals surface area contributed by atoms with Crippen LogP contribution >= 0.6 is 0 Å². The molecule has 3 N–H and O–H groups in total. The first-order chi connectivity index (χ1) is 9.94. The number of aliphatic hydroxyl groups is 1. The second-order valence-corrected chi connectivity index (χ2v) is 6.78. The van der Waals surface area contributed by atoms with Crippen LogP contribution < -0.4 is 4.72 Å². The summed E-state index contributed by atoms with van der Waals surface area (Å²) in [5.74, 6) is 0.730. The number of aromatic amines is 1. The zero-order chi connectivity index (χ0) is 15.5. The van der Waals surface area contributed by atoms with Gasteiger partial charge in [0.2, 0.25) is 10.0 Å². The van der Waals surface area contributed by atoms with Crippen LogP contribution in [0.3, 0.4) is 0 Å². The zero-order valence-electron chi connectivity index (χ0n) is 12.1. The summed E-state index contributed by atoms with van der Waals surface area (Å²) in [7, 11) is -3.58. The van der Waals surface area contributed by atoms with Gasteiger partial charge >= 0.3 is 0 Å². The summed E-state index contributed by atoms with van der Waals surface area (Å²) in [5.41, 5.74) is 0.580. The molecule has 8 heteroatoms. The summed E-state index contributed by atoms with van der Waals surface area (Å²) >= 11 is 0. The lowest BCUT2D eigenvalue weighted by atomic mass is 10.3. The largest absolute Gasteiger partial charge is 0.390 e. The number of imidazole rings is 1. The molecule has 0 fully saturated rings. The van der Waals surface area contributed by atoms with E-state index in [1.807, 2.05) is 13.8 Å². The standard InChI is InChI=1S/C13H20N4O3S/c1-10(2)17-8-12(7-11(17)9-18)21(19,20)16-4-3-13-14-5-6-15-13/h5-8,10,16,18H,3-4,9H2,1-2H3,(H,14,15). The lowest BCUT2D eigenvalue weighted by Crippen LogP contribution is -2.26. The molecule has 0 saturated carbocycles. The Morgan fingerprint density at radius 3 is 2.76 bits per heavy atom. The minimum absolute atomic E-state index is 0.0826.